The fourth-order valence-electron chi connectivity index (χ4n) is 6.61. The van der Waals surface area contributed by atoms with Crippen LogP contribution in [-0.4, -0.2) is 60.5 Å². The van der Waals surface area contributed by atoms with Gasteiger partial charge in [0.1, 0.15) is 17.0 Å². The molecule has 4 bridgehead atoms. The van der Waals surface area contributed by atoms with Gasteiger partial charge in [-0.1, -0.05) is 12.1 Å². The summed E-state index contributed by atoms with van der Waals surface area (Å²) in [6.45, 7) is 1.02. The summed E-state index contributed by atoms with van der Waals surface area (Å²) >= 11 is 1.80. The second kappa shape index (κ2) is 4.83. The molecule has 0 saturated carbocycles. The Kier molecular flexibility index (Phi) is 2.92. The number of thioether (sulfide) groups is 1. The summed E-state index contributed by atoms with van der Waals surface area (Å²) in [7, 11) is 5.63. The number of hydrogen-bond donors (Lipinski definition) is 0. The number of likely N-dealkylation sites (N-methyl/N-ethyl adjacent to an activating group) is 1. The van der Waals surface area contributed by atoms with Gasteiger partial charge in [-0.25, -0.2) is 0 Å². The minimum Gasteiger partial charge on any atom is -0.493 e. The van der Waals surface area contributed by atoms with E-state index < -0.39 is 5.60 Å². The number of ether oxygens (including phenoxy) is 3. The van der Waals surface area contributed by atoms with E-state index in [0.717, 1.165) is 30.9 Å². The Balaban J connectivity index is 1.73. The van der Waals surface area contributed by atoms with Gasteiger partial charge in [0.2, 0.25) is 0 Å². The molecule has 6 aliphatic rings. The summed E-state index contributed by atoms with van der Waals surface area (Å²) in [4.78, 5) is 2.48. The zero-order valence-corrected chi connectivity index (χ0v) is 16.5. The Labute approximate surface area is 163 Å². The number of benzene rings is 1. The van der Waals surface area contributed by atoms with E-state index in [9.17, 15) is 5.26 Å². The van der Waals surface area contributed by atoms with Crippen molar-refractivity contribution in [1.82, 2.24) is 4.90 Å². The van der Waals surface area contributed by atoms with E-state index >= 15 is 0 Å². The molecule has 4 aliphatic heterocycles. The molecule has 1 unspecified atom stereocenters. The largest absolute Gasteiger partial charge is 0.493 e. The fourth-order valence-corrected chi connectivity index (χ4v) is 8.63. The molecule has 2 saturated heterocycles. The number of methoxy groups -OCH3 is 2. The number of fused-ring (bicyclic) bond motifs is 1. The van der Waals surface area contributed by atoms with Crippen LogP contribution in [0.2, 0.25) is 0 Å². The van der Waals surface area contributed by atoms with Gasteiger partial charge in [-0.05, 0) is 44.1 Å². The third-order valence-electron chi connectivity index (χ3n) is 7.75. The third-order valence-corrected chi connectivity index (χ3v) is 9.62. The highest BCUT2D eigenvalue weighted by Crippen LogP contribution is 2.73. The van der Waals surface area contributed by atoms with Crippen molar-refractivity contribution in [3.05, 3.63) is 35.4 Å². The standard InChI is InChI=1S/C21H22N2O3S/c1-23-9-8-19-16-12-4-5-13(24-2)17(16)26-18(19)20(25-3)6-7-21(19,14(23)10-12)27-15(20)11-22/h4-7,14-15,18H,8-10H2,1-3H3/t14-,15?,18-,19+,20-,21-/m1/s1. The Morgan fingerprint density at radius 3 is 2.93 bits per heavy atom. The topological polar surface area (TPSA) is 54.7 Å². The first-order valence-electron chi connectivity index (χ1n) is 9.48. The van der Waals surface area contributed by atoms with Crippen LogP contribution < -0.4 is 9.47 Å². The maximum absolute atomic E-state index is 10.0. The second-order valence-corrected chi connectivity index (χ2v) is 9.74. The van der Waals surface area contributed by atoms with Gasteiger partial charge >= 0.3 is 0 Å². The van der Waals surface area contributed by atoms with Crippen molar-refractivity contribution in [2.75, 3.05) is 27.8 Å². The molecular weight excluding hydrogens is 360 g/mol. The van der Waals surface area contributed by atoms with Crippen molar-refractivity contribution in [3.63, 3.8) is 0 Å². The Hall–Kier alpha value is -1.68. The lowest BCUT2D eigenvalue weighted by molar-refractivity contribution is -0.112. The molecule has 1 aromatic carbocycles. The summed E-state index contributed by atoms with van der Waals surface area (Å²) in [6, 6.07) is 7.11. The molecule has 27 heavy (non-hydrogen) atoms. The minimum absolute atomic E-state index is 0.171. The summed E-state index contributed by atoms with van der Waals surface area (Å²) in [5, 5.41) is 9.73. The molecule has 7 rings (SSSR count). The Morgan fingerprint density at radius 1 is 1.33 bits per heavy atom. The van der Waals surface area contributed by atoms with Gasteiger partial charge in [-0.15, -0.1) is 11.8 Å². The van der Waals surface area contributed by atoms with Crippen molar-refractivity contribution >= 4 is 11.8 Å². The van der Waals surface area contributed by atoms with Gasteiger partial charge < -0.3 is 19.1 Å². The molecule has 5 nitrogen and oxygen atoms in total. The summed E-state index contributed by atoms with van der Waals surface area (Å²) in [5.41, 5.74) is 1.76. The van der Waals surface area contributed by atoms with Gasteiger partial charge in [-0.2, -0.15) is 5.26 Å². The molecule has 0 aromatic heterocycles. The zero-order chi connectivity index (χ0) is 18.6. The molecule has 0 N–H and O–H groups in total. The second-order valence-electron chi connectivity index (χ2n) is 8.36. The maximum atomic E-state index is 10.0. The average Bonchev–Trinajstić information content (AvgIpc) is 3.07. The van der Waals surface area contributed by atoms with Gasteiger partial charge in [0.05, 0.1) is 23.3 Å². The van der Waals surface area contributed by atoms with E-state index in [0.29, 0.717) is 6.04 Å². The smallest absolute Gasteiger partial charge is 0.166 e. The first-order valence-corrected chi connectivity index (χ1v) is 10.4. The minimum atomic E-state index is -0.736. The van der Waals surface area contributed by atoms with E-state index in [2.05, 4.69) is 36.2 Å². The third kappa shape index (κ3) is 1.45. The van der Waals surface area contributed by atoms with E-state index in [1.807, 2.05) is 6.07 Å². The molecule has 140 valence electrons. The molecular formula is C21H22N2O3S. The highest BCUT2D eigenvalue weighted by Gasteiger charge is 2.80. The van der Waals surface area contributed by atoms with Crippen LogP contribution in [0.25, 0.3) is 0 Å². The normalized spacial score (nSPS) is 45.2. The molecule has 6 atom stereocenters. The van der Waals surface area contributed by atoms with Gasteiger partial charge in [0, 0.05) is 18.7 Å². The highest BCUT2D eigenvalue weighted by atomic mass is 32.2. The quantitative estimate of drug-likeness (QED) is 0.732. The maximum Gasteiger partial charge on any atom is 0.166 e. The average molecular weight is 382 g/mol. The van der Waals surface area contributed by atoms with Gasteiger partial charge in [-0.3, -0.25) is 0 Å². The molecule has 4 heterocycles. The van der Waals surface area contributed by atoms with Crippen LogP contribution in [0.15, 0.2) is 24.3 Å². The monoisotopic (exact) mass is 382 g/mol. The van der Waals surface area contributed by atoms with Crippen LogP contribution in [-0.2, 0) is 16.6 Å². The predicted molar refractivity (Wildman–Crippen MR) is 102 cm³/mol. The lowest BCUT2D eigenvalue weighted by atomic mass is 9.50. The first kappa shape index (κ1) is 16.3. The number of piperidine rings is 1. The SMILES string of the molecule is COc1ccc2c3c1O[C@@H]1[C@]34CCN(C)[C@H](C2)[C@]42C=C[C@@]1(OC)C(C#N)S2. The summed E-state index contributed by atoms with van der Waals surface area (Å²) in [6.07, 6.45) is 6.25. The van der Waals surface area contributed by atoms with Crippen molar-refractivity contribution < 1.29 is 14.2 Å². The number of likely N-dealkylation sites (tertiary alicyclic amines) is 1. The van der Waals surface area contributed by atoms with Crippen molar-refractivity contribution in [2.24, 2.45) is 0 Å². The zero-order valence-electron chi connectivity index (χ0n) is 15.7. The van der Waals surface area contributed by atoms with Crippen LogP contribution >= 0.6 is 11.8 Å². The van der Waals surface area contributed by atoms with Crippen molar-refractivity contribution in [2.45, 2.75) is 46.0 Å². The number of rotatable bonds is 2. The van der Waals surface area contributed by atoms with E-state index in [1.165, 1.54) is 11.1 Å². The number of nitrogens with zero attached hydrogens (tertiary/aromatic N) is 2. The molecule has 2 spiro atoms. The molecule has 0 amide bonds. The van der Waals surface area contributed by atoms with Gasteiger partial charge in [0.25, 0.3) is 0 Å². The van der Waals surface area contributed by atoms with E-state index in [1.54, 1.807) is 26.0 Å². The lowest BCUT2D eigenvalue weighted by Crippen LogP contribution is -2.81. The molecule has 2 aliphatic carbocycles. The predicted octanol–water partition coefficient (Wildman–Crippen LogP) is 2.29. The fraction of sp³-hybridized carbons (Fsp3) is 0.571. The van der Waals surface area contributed by atoms with Gasteiger partial charge in [0.15, 0.2) is 11.5 Å². The van der Waals surface area contributed by atoms with Crippen LogP contribution in [0.1, 0.15) is 17.5 Å². The lowest BCUT2D eigenvalue weighted by Gasteiger charge is -2.69. The van der Waals surface area contributed by atoms with Crippen LogP contribution in [0.3, 0.4) is 0 Å². The summed E-state index contributed by atoms with van der Waals surface area (Å²) in [5.74, 6) is 1.66. The van der Waals surface area contributed by atoms with Crippen LogP contribution in [0, 0.1) is 11.3 Å². The number of hydrogen-bond acceptors (Lipinski definition) is 6. The molecule has 0 radical (unpaired) electrons. The van der Waals surface area contributed by atoms with Crippen LogP contribution in [0.5, 0.6) is 11.5 Å². The first-order chi connectivity index (χ1) is 13.1. The summed E-state index contributed by atoms with van der Waals surface area (Å²) < 4.78 is 18.3. The Bertz CT molecular complexity index is 942. The molecule has 2 fully saturated rings. The van der Waals surface area contributed by atoms with Crippen molar-refractivity contribution in [1.29, 1.82) is 5.26 Å². The molecule has 1 aromatic rings. The highest BCUT2D eigenvalue weighted by molar-refractivity contribution is 8.02. The number of nitriles is 1. The van der Waals surface area contributed by atoms with E-state index in [-0.39, 0.29) is 21.5 Å². The van der Waals surface area contributed by atoms with Crippen LogP contribution in [0.4, 0.5) is 0 Å². The molecule has 6 heteroatoms. The Morgan fingerprint density at radius 2 is 2.19 bits per heavy atom. The van der Waals surface area contributed by atoms with Crippen molar-refractivity contribution in [3.8, 4) is 17.6 Å². The van der Waals surface area contributed by atoms with E-state index in [4.69, 9.17) is 14.2 Å².